The van der Waals surface area contributed by atoms with Crippen LogP contribution in [0.25, 0.3) is 0 Å². The quantitative estimate of drug-likeness (QED) is 0.358. The maximum Gasteiger partial charge on any atom is 0.271 e. The van der Waals surface area contributed by atoms with Gasteiger partial charge in [-0.1, -0.05) is 12.2 Å². The number of nitro benzene ring substituents is 1. The van der Waals surface area contributed by atoms with Gasteiger partial charge in [-0.05, 0) is 6.07 Å². The minimum Gasteiger partial charge on any atom is -0.495 e. The Kier molecular flexibility index (Phi) is 2.79. The standard InChI is InChI=1S/C15H12N2O6/c1-22-9-3-2-7(17(20)21)6-8(9)16-14(18)12-10-4-5-11(23-10)13(12)15(16)19/h2-6,10-13H,1H3. The minimum atomic E-state index is -0.580. The maximum absolute atomic E-state index is 12.7. The zero-order valence-corrected chi connectivity index (χ0v) is 12.0. The van der Waals surface area contributed by atoms with Crippen molar-refractivity contribution < 1.29 is 24.0 Å². The van der Waals surface area contributed by atoms with Crippen molar-refractivity contribution >= 4 is 23.2 Å². The van der Waals surface area contributed by atoms with Crippen LogP contribution in [0.5, 0.6) is 5.75 Å². The molecule has 2 saturated heterocycles. The molecule has 0 aromatic heterocycles. The van der Waals surface area contributed by atoms with E-state index in [0.717, 1.165) is 4.90 Å². The van der Waals surface area contributed by atoms with Crippen molar-refractivity contribution in [2.75, 3.05) is 12.0 Å². The van der Waals surface area contributed by atoms with Gasteiger partial charge in [0.2, 0.25) is 11.8 Å². The maximum atomic E-state index is 12.7. The highest BCUT2D eigenvalue weighted by molar-refractivity contribution is 6.23. The summed E-state index contributed by atoms with van der Waals surface area (Å²) in [4.78, 5) is 36.8. The molecule has 0 saturated carbocycles. The third-order valence-electron chi connectivity index (χ3n) is 4.52. The number of imide groups is 1. The van der Waals surface area contributed by atoms with E-state index in [-0.39, 0.29) is 17.1 Å². The summed E-state index contributed by atoms with van der Waals surface area (Å²) in [5.41, 5.74) is -0.110. The number of hydrogen-bond acceptors (Lipinski definition) is 6. The van der Waals surface area contributed by atoms with Gasteiger partial charge in [0.15, 0.2) is 0 Å². The van der Waals surface area contributed by atoms with Crippen LogP contribution in [0.15, 0.2) is 30.4 Å². The molecule has 2 fully saturated rings. The van der Waals surface area contributed by atoms with E-state index >= 15 is 0 Å². The smallest absolute Gasteiger partial charge is 0.271 e. The zero-order valence-electron chi connectivity index (χ0n) is 12.0. The predicted molar refractivity (Wildman–Crippen MR) is 76.9 cm³/mol. The molecular weight excluding hydrogens is 304 g/mol. The summed E-state index contributed by atoms with van der Waals surface area (Å²) in [7, 11) is 1.38. The summed E-state index contributed by atoms with van der Waals surface area (Å²) < 4.78 is 10.7. The highest BCUT2D eigenvalue weighted by atomic mass is 16.6. The molecule has 4 unspecified atom stereocenters. The summed E-state index contributed by atoms with van der Waals surface area (Å²) in [6, 6.07) is 3.83. The molecule has 8 nitrogen and oxygen atoms in total. The second-order valence-corrected chi connectivity index (χ2v) is 5.63. The van der Waals surface area contributed by atoms with E-state index in [9.17, 15) is 19.7 Å². The van der Waals surface area contributed by atoms with Gasteiger partial charge in [-0.3, -0.25) is 19.7 Å². The number of ether oxygens (including phenoxy) is 2. The third kappa shape index (κ3) is 1.75. The fourth-order valence-electron chi connectivity index (χ4n) is 3.51. The van der Waals surface area contributed by atoms with Crippen molar-refractivity contribution in [1.82, 2.24) is 0 Å². The number of carbonyl (C=O) groups excluding carboxylic acids is 2. The Bertz CT molecular complexity index is 743. The fraction of sp³-hybridized carbons (Fsp3) is 0.333. The number of carbonyl (C=O) groups is 2. The molecule has 1 aromatic carbocycles. The van der Waals surface area contributed by atoms with Crippen LogP contribution < -0.4 is 9.64 Å². The number of non-ortho nitro benzene ring substituents is 1. The van der Waals surface area contributed by atoms with E-state index in [1.807, 2.05) is 0 Å². The lowest BCUT2D eigenvalue weighted by Crippen LogP contribution is -2.34. The van der Waals surface area contributed by atoms with Crippen LogP contribution in [0.4, 0.5) is 11.4 Å². The summed E-state index contributed by atoms with van der Waals surface area (Å²) in [6.45, 7) is 0. The van der Waals surface area contributed by atoms with Gasteiger partial charge in [-0.2, -0.15) is 0 Å². The van der Waals surface area contributed by atoms with Gasteiger partial charge < -0.3 is 9.47 Å². The largest absolute Gasteiger partial charge is 0.495 e. The van der Waals surface area contributed by atoms with E-state index in [1.165, 1.54) is 25.3 Å². The van der Waals surface area contributed by atoms with Crippen molar-refractivity contribution in [3.8, 4) is 5.75 Å². The predicted octanol–water partition coefficient (Wildman–Crippen LogP) is 1.05. The second-order valence-electron chi connectivity index (χ2n) is 5.63. The lowest BCUT2D eigenvalue weighted by Gasteiger charge is -2.19. The van der Waals surface area contributed by atoms with Gasteiger partial charge in [-0.25, -0.2) is 4.90 Å². The first kappa shape index (κ1) is 13.9. The molecule has 0 radical (unpaired) electrons. The summed E-state index contributed by atoms with van der Waals surface area (Å²) >= 11 is 0. The first-order valence-electron chi connectivity index (χ1n) is 7.07. The monoisotopic (exact) mass is 316 g/mol. The Balaban J connectivity index is 1.80. The molecule has 4 rings (SSSR count). The number of anilines is 1. The van der Waals surface area contributed by atoms with Crippen molar-refractivity contribution in [3.63, 3.8) is 0 Å². The molecule has 0 spiro atoms. The molecule has 1 aromatic rings. The van der Waals surface area contributed by atoms with Crippen LogP contribution in [-0.2, 0) is 14.3 Å². The first-order valence-corrected chi connectivity index (χ1v) is 7.07. The highest BCUT2D eigenvalue weighted by Gasteiger charge is 2.61. The number of fused-ring (bicyclic) bond motifs is 5. The Morgan fingerprint density at radius 2 is 1.78 bits per heavy atom. The van der Waals surface area contributed by atoms with Gasteiger partial charge in [0, 0.05) is 12.1 Å². The molecule has 0 N–H and O–H groups in total. The van der Waals surface area contributed by atoms with Crippen LogP contribution in [-0.4, -0.2) is 36.1 Å². The lowest BCUT2D eigenvalue weighted by atomic mass is 9.85. The summed E-state index contributed by atoms with van der Waals surface area (Å²) in [5.74, 6) is -1.72. The Morgan fingerprint density at radius 3 is 2.30 bits per heavy atom. The first-order chi connectivity index (χ1) is 11.0. The van der Waals surface area contributed by atoms with E-state index in [2.05, 4.69) is 0 Å². The Morgan fingerprint density at radius 1 is 1.17 bits per heavy atom. The van der Waals surface area contributed by atoms with Crippen LogP contribution in [0.2, 0.25) is 0 Å². The lowest BCUT2D eigenvalue weighted by molar-refractivity contribution is -0.384. The molecule has 8 heteroatoms. The molecule has 4 atom stereocenters. The van der Waals surface area contributed by atoms with Gasteiger partial charge in [-0.15, -0.1) is 0 Å². The Hall–Kier alpha value is -2.74. The SMILES string of the molecule is COc1ccc([N+](=O)[O-])cc1N1C(=O)C2C3C=CC(O3)C2C1=O. The minimum absolute atomic E-state index is 0.102. The molecule has 0 aliphatic carbocycles. The third-order valence-corrected chi connectivity index (χ3v) is 4.52. The van der Waals surface area contributed by atoms with E-state index < -0.39 is 40.8 Å². The van der Waals surface area contributed by atoms with Crippen molar-refractivity contribution in [1.29, 1.82) is 0 Å². The van der Waals surface area contributed by atoms with E-state index in [0.29, 0.717) is 0 Å². The number of amides is 2. The number of nitrogens with zero attached hydrogens (tertiary/aromatic N) is 2. The fourth-order valence-corrected chi connectivity index (χ4v) is 3.51. The Labute approximate surface area is 130 Å². The average molecular weight is 316 g/mol. The number of nitro groups is 1. The van der Waals surface area contributed by atoms with Gasteiger partial charge in [0.25, 0.3) is 5.69 Å². The molecule has 23 heavy (non-hydrogen) atoms. The van der Waals surface area contributed by atoms with Crippen LogP contribution in [0.1, 0.15) is 0 Å². The molecule has 118 valence electrons. The van der Waals surface area contributed by atoms with Crippen molar-refractivity contribution in [3.05, 3.63) is 40.5 Å². The molecule has 2 bridgehead atoms. The van der Waals surface area contributed by atoms with Gasteiger partial charge >= 0.3 is 0 Å². The summed E-state index contributed by atoms with van der Waals surface area (Å²) in [5, 5.41) is 11.0. The zero-order chi connectivity index (χ0) is 16.3. The number of methoxy groups -OCH3 is 1. The molecule has 3 aliphatic rings. The highest BCUT2D eigenvalue weighted by Crippen LogP contribution is 2.48. The van der Waals surface area contributed by atoms with Gasteiger partial charge in [0.1, 0.15) is 11.4 Å². The molecule has 3 aliphatic heterocycles. The molecule has 2 amide bonds. The number of benzene rings is 1. The van der Waals surface area contributed by atoms with Crippen LogP contribution >= 0.6 is 0 Å². The second kappa shape index (κ2) is 4.63. The van der Waals surface area contributed by atoms with Crippen LogP contribution in [0.3, 0.4) is 0 Å². The summed E-state index contributed by atoms with van der Waals surface area (Å²) in [6.07, 6.45) is 2.75. The molecule has 3 heterocycles. The number of rotatable bonds is 3. The number of hydrogen-bond donors (Lipinski definition) is 0. The van der Waals surface area contributed by atoms with E-state index in [1.54, 1.807) is 12.2 Å². The normalized spacial score (nSPS) is 30.9. The van der Waals surface area contributed by atoms with Gasteiger partial charge in [0.05, 0.1) is 36.1 Å². The van der Waals surface area contributed by atoms with Crippen molar-refractivity contribution in [2.45, 2.75) is 12.2 Å². The van der Waals surface area contributed by atoms with Crippen LogP contribution in [0, 0.1) is 22.0 Å². The topological polar surface area (TPSA) is 99.0 Å². The molecular formula is C15H12N2O6. The average Bonchev–Trinajstić information content (AvgIpc) is 3.21. The van der Waals surface area contributed by atoms with E-state index in [4.69, 9.17) is 9.47 Å². The van der Waals surface area contributed by atoms with Crippen molar-refractivity contribution in [2.24, 2.45) is 11.8 Å².